The maximum absolute atomic E-state index is 12.0. The quantitative estimate of drug-likeness (QED) is 0.576. The molecule has 6 nitrogen and oxygen atoms in total. The van der Waals surface area contributed by atoms with Crippen LogP contribution in [0.15, 0.2) is 29.2 Å². The molecule has 3 N–H and O–H groups in total. The average Bonchev–Trinajstić information content (AvgIpc) is 3.28. The van der Waals surface area contributed by atoms with Gasteiger partial charge in [0.15, 0.2) is 0 Å². The van der Waals surface area contributed by atoms with Crippen molar-refractivity contribution in [1.82, 2.24) is 15.4 Å². The lowest BCUT2D eigenvalue weighted by atomic mass is 10.4. The third-order valence-corrected chi connectivity index (χ3v) is 4.95. The normalized spacial score (nSPS) is 14.8. The minimum Gasteiger partial charge on any atom is -0.354 e. The van der Waals surface area contributed by atoms with Gasteiger partial charge in [-0.05, 0) is 43.5 Å². The smallest absolute Gasteiger partial charge is 0.240 e. The van der Waals surface area contributed by atoms with Crippen molar-refractivity contribution in [2.24, 2.45) is 5.92 Å². The van der Waals surface area contributed by atoms with Crippen LogP contribution in [0.5, 0.6) is 0 Å². The molecule has 0 aromatic heterocycles. The highest BCUT2D eigenvalue weighted by Gasteiger charge is 2.20. The van der Waals surface area contributed by atoms with E-state index in [0.29, 0.717) is 5.02 Å². The molecule has 8 heteroatoms. The molecule has 0 aliphatic heterocycles. The Morgan fingerprint density at radius 1 is 1.27 bits per heavy atom. The van der Waals surface area contributed by atoms with Crippen molar-refractivity contribution in [1.29, 1.82) is 0 Å². The molecule has 0 radical (unpaired) electrons. The fourth-order valence-corrected chi connectivity index (χ4v) is 3.21. The molecule has 0 spiro atoms. The zero-order chi connectivity index (χ0) is 16.0. The lowest BCUT2D eigenvalue weighted by Gasteiger charge is -2.09. The van der Waals surface area contributed by atoms with Crippen LogP contribution in [-0.2, 0) is 14.8 Å². The first-order chi connectivity index (χ1) is 10.5. The summed E-state index contributed by atoms with van der Waals surface area (Å²) in [6.07, 6.45) is 2.47. The Kier molecular flexibility index (Phi) is 6.19. The van der Waals surface area contributed by atoms with E-state index in [1.807, 2.05) is 0 Å². The molecule has 0 bridgehead atoms. The maximum Gasteiger partial charge on any atom is 0.240 e. The van der Waals surface area contributed by atoms with Crippen molar-refractivity contribution in [3.63, 3.8) is 0 Å². The number of sulfonamides is 1. The number of rotatable bonds is 9. The fraction of sp³-hybridized carbons (Fsp3) is 0.500. The number of hydrogen-bond donors (Lipinski definition) is 3. The van der Waals surface area contributed by atoms with Crippen molar-refractivity contribution in [3.05, 3.63) is 29.3 Å². The number of carbonyl (C=O) groups is 1. The Balaban J connectivity index is 1.65. The monoisotopic (exact) mass is 345 g/mol. The molecule has 1 amide bonds. The van der Waals surface area contributed by atoms with Crippen LogP contribution in [0.3, 0.4) is 0 Å². The lowest BCUT2D eigenvalue weighted by Crippen LogP contribution is -2.39. The number of hydrogen-bond acceptors (Lipinski definition) is 4. The SMILES string of the molecule is O=C(CNCC1CC1)NCCNS(=O)(=O)c1cccc(Cl)c1. The van der Waals surface area contributed by atoms with E-state index >= 15 is 0 Å². The molecule has 1 aliphatic rings. The fourth-order valence-electron chi connectivity index (χ4n) is 1.88. The summed E-state index contributed by atoms with van der Waals surface area (Å²) in [7, 11) is -3.60. The molecule has 1 saturated carbocycles. The van der Waals surface area contributed by atoms with Crippen LogP contribution in [0.1, 0.15) is 12.8 Å². The molecular formula is C14H20ClN3O3S. The molecule has 2 rings (SSSR count). The van der Waals surface area contributed by atoms with E-state index in [9.17, 15) is 13.2 Å². The summed E-state index contributed by atoms with van der Waals surface area (Å²) in [6, 6.07) is 6.03. The molecule has 0 heterocycles. The minimum absolute atomic E-state index is 0.109. The molecule has 1 aliphatic carbocycles. The first-order valence-electron chi connectivity index (χ1n) is 7.20. The number of halogens is 1. The minimum atomic E-state index is -3.60. The van der Waals surface area contributed by atoms with E-state index in [0.717, 1.165) is 12.5 Å². The van der Waals surface area contributed by atoms with Crippen molar-refractivity contribution in [3.8, 4) is 0 Å². The van der Waals surface area contributed by atoms with E-state index in [1.54, 1.807) is 12.1 Å². The largest absolute Gasteiger partial charge is 0.354 e. The summed E-state index contributed by atoms with van der Waals surface area (Å²) < 4.78 is 26.4. The van der Waals surface area contributed by atoms with Crippen molar-refractivity contribution >= 4 is 27.5 Å². The summed E-state index contributed by atoms with van der Waals surface area (Å²) in [5.74, 6) is 0.583. The van der Waals surface area contributed by atoms with E-state index in [4.69, 9.17) is 11.6 Å². The van der Waals surface area contributed by atoms with Crippen LogP contribution in [0.2, 0.25) is 5.02 Å². The van der Waals surface area contributed by atoms with Crippen LogP contribution < -0.4 is 15.4 Å². The number of amides is 1. The predicted molar refractivity (Wildman–Crippen MR) is 85.2 cm³/mol. The Bertz CT molecular complexity index is 618. The maximum atomic E-state index is 12.0. The highest BCUT2D eigenvalue weighted by atomic mass is 35.5. The standard InChI is InChI=1S/C14H20ClN3O3S/c15-12-2-1-3-13(8-12)22(20,21)18-7-6-17-14(19)10-16-9-11-4-5-11/h1-3,8,11,16,18H,4-7,9-10H2,(H,17,19). The van der Waals surface area contributed by atoms with Gasteiger partial charge in [0.2, 0.25) is 15.9 Å². The zero-order valence-electron chi connectivity index (χ0n) is 12.1. The predicted octanol–water partition coefficient (Wildman–Crippen LogP) is 0.734. The van der Waals surface area contributed by atoms with E-state index in [1.165, 1.54) is 25.0 Å². The molecule has 1 aromatic rings. The third-order valence-electron chi connectivity index (χ3n) is 3.26. The number of nitrogens with one attached hydrogen (secondary N) is 3. The Morgan fingerprint density at radius 3 is 2.73 bits per heavy atom. The van der Waals surface area contributed by atoms with Gasteiger partial charge in [-0.2, -0.15) is 0 Å². The van der Waals surface area contributed by atoms with Gasteiger partial charge >= 0.3 is 0 Å². The van der Waals surface area contributed by atoms with Crippen LogP contribution in [0.25, 0.3) is 0 Å². The van der Waals surface area contributed by atoms with E-state index in [-0.39, 0.29) is 30.4 Å². The molecule has 1 fully saturated rings. The molecule has 0 unspecified atom stereocenters. The second kappa shape index (κ2) is 7.92. The van der Waals surface area contributed by atoms with E-state index in [2.05, 4.69) is 15.4 Å². The summed E-state index contributed by atoms with van der Waals surface area (Å²) in [5.41, 5.74) is 0. The zero-order valence-corrected chi connectivity index (χ0v) is 13.7. The second-order valence-electron chi connectivity index (χ2n) is 5.28. The van der Waals surface area contributed by atoms with E-state index < -0.39 is 10.0 Å². The summed E-state index contributed by atoms with van der Waals surface area (Å²) in [5, 5.41) is 6.09. The molecule has 0 atom stereocenters. The lowest BCUT2D eigenvalue weighted by molar-refractivity contribution is -0.120. The highest BCUT2D eigenvalue weighted by Crippen LogP contribution is 2.27. The van der Waals surface area contributed by atoms with Gasteiger partial charge in [-0.3, -0.25) is 4.79 Å². The first kappa shape index (κ1) is 17.2. The molecule has 22 heavy (non-hydrogen) atoms. The first-order valence-corrected chi connectivity index (χ1v) is 9.06. The Labute approximate surface area is 135 Å². The number of benzene rings is 1. The van der Waals surface area contributed by atoms with Gasteiger partial charge in [0.05, 0.1) is 11.4 Å². The average molecular weight is 346 g/mol. The molecule has 0 saturated heterocycles. The van der Waals surface area contributed by atoms with Crippen molar-refractivity contribution < 1.29 is 13.2 Å². The van der Waals surface area contributed by atoms with Crippen LogP contribution in [-0.4, -0.2) is 40.5 Å². The number of carbonyl (C=O) groups excluding carboxylic acids is 1. The third kappa shape index (κ3) is 5.92. The van der Waals surface area contributed by atoms with Crippen molar-refractivity contribution in [2.75, 3.05) is 26.2 Å². The summed E-state index contributed by atoms with van der Waals surface area (Å²) in [4.78, 5) is 11.6. The summed E-state index contributed by atoms with van der Waals surface area (Å²) in [6.45, 7) is 1.50. The Hall–Kier alpha value is -1.15. The summed E-state index contributed by atoms with van der Waals surface area (Å²) >= 11 is 5.77. The topological polar surface area (TPSA) is 87.3 Å². The van der Waals surface area contributed by atoms with Crippen LogP contribution >= 0.6 is 11.6 Å². The van der Waals surface area contributed by atoms with Gasteiger partial charge in [0.1, 0.15) is 0 Å². The van der Waals surface area contributed by atoms with Crippen LogP contribution in [0, 0.1) is 5.92 Å². The van der Waals surface area contributed by atoms with Gasteiger partial charge in [0, 0.05) is 18.1 Å². The van der Waals surface area contributed by atoms with Gasteiger partial charge in [-0.15, -0.1) is 0 Å². The van der Waals surface area contributed by atoms with Crippen LogP contribution in [0.4, 0.5) is 0 Å². The molecule has 1 aromatic carbocycles. The molecule has 122 valence electrons. The van der Waals surface area contributed by atoms with Gasteiger partial charge in [-0.1, -0.05) is 17.7 Å². The Morgan fingerprint density at radius 2 is 2.05 bits per heavy atom. The van der Waals surface area contributed by atoms with Crippen molar-refractivity contribution in [2.45, 2.75) is 17.7 Å². The second-order valence-corrected chi connectivity index (χ2v) is 7.48. The highest BCUT2D eigenvalue weighted by molar-refractivity contribution is 7.89. The molecular weight excluding hydrogens is 326 g/mol. The van der Waals surface area contributed by atoms with Gasteiger partial charge in [-0.25, -0.2) is 13.1 Å². The van der Waals surface area contributed by atoms with Gasteiger partial charge in [0.25, 0.3) is 0 Å². The van der Waals surface area contributed by atoms with Gasteiger partial charge < -0.3 is 10.6 Å².